The summed E-state index contributed by atoms with van der Waals surface area (Å²) in [6.07, 6.45) is 2.75. The van der Waals surface area contributed by atoms with Crippen LogP contribution in [0.25, 0.3) is 0 Å². The highest BCUT2D eigenvalue weighted by Crippen LogP contribution is 2.30. The summed E-state index contributed by atoms with van der Waals surface area (Å²) in [5.41, 5.74) is 0. The first-order chi connectivity index (χ1) is 8.15. The third-order valence-corrected chi connectivity index (χ3v) is 3.07. The van der Waals surface area contributed by atoms with Crippen molar-refractivity contribution >= 4 is 11.9 Å². The second-order valence-corrected chi connectivity index (χ2v) is 4.60. The van der Waals surface area contributed by atoms with Crippen molar-refractivity contribution in [3.8, 4) is 0 Å². The van der Waals surface area contributed by atoms with Gasteiger partial charge in [-0.25, -0.2) is 0 Å². The predicted molar refractivity (Wildman–Crippen MR) is 58.3 cm³/mol. The molecule has 5 heteroatoms. The number of epoxide rings is 1. The molecule has 1 unspecified atom stereocenters. The molecule has 2 heterocycles. The lowest BCUT2D eigenvalue weighted by Gasteiger charge is -2.12. The second-order valence-electron chi connectivity index (χ2n) is 4.60. The zero-order chi connectivity index (χ0) is 12.3. The van der Waals surface area contributed by atoms with Crippen LogP contribution in [0.4, 0.5) is 0 Å². The van der Waals surface area contributed by atoms with Crippen LogP contribution in [0.15, 0.2) is 0 Å². The van der Waals surface area contributed by atoms with Gasteiger partial charge >= 0.3 is 11.9 Å². The lowest BCUT2D eigenvalue weighted by atomic mass is 10.1. The van der Waals surface area contributed by atoms with Gasteiger partial charge in [-0.05, 0) is 19.8 Å². The Bertz CT molecular complexity index is 301. The predicted octanol–water partition coefficient (Wildman–Crippen LogP) is 1.19. The van der Waals surface area contributed by atoms with Crippen LogP contribution in [0.3, 0.4) is 0 Å². The summed E-state index contributed by atoms with van der Waals surface area (Å²) in [5, 5.41) is 0. The maximum Gasteiger partial charge on any atom is 0.306 e. The minimum atomic E-state index is -0.202. The van der Waals surface area contributed by atoms with Crippen LogP contribution < -0.4 is 0 Å². The van der Waals surface area contributed by atoms with Gasteiger partial charge in [0.1, 0.15) is 6.10 Å². The van der Waals surface area contributed by atoms with E-state index in [4.69, 9.17) is 14.2 Å². The van der Waals surface area contributed by atoms with Gasteiger partial charge < -0.3 is 14.2 Å². The average molecular weight is 242 g/mol. The van der Waals surface area contributed by atoms with E-state index in [1.165, 1.54) is 0 Å². The van der Waals surface area contributed by atoms with Crippen molar-refractivity contribution in [2.75, 3.05) is 6.61 Å². The molecule has 2 aliphatic rings. The first kappa shape index (κ1) is 12.4. The monoisotopic (exact) mass is 242 g/mol. The summed E-state index contributed by atoms with van der Waals surface area (Å²) < 4.78 is 15.6. The van der Waals surface area contributed by atoms with E-state index in [2.05, 4.69) is 0 Å². The molecule has 0 spiro atoms. The highest BCUT2D eigenvalue weighted by molar-refractivity contribution is 5.70. The Balaban J connectivity index is 1.85. The SMILES string of the molecule is CC1CCOC(=O)CC[C@@H]2O[C@H]2CCC(=O)O1. The normalized spacial score (nSPS) is 35.5. The molecule has 0 saturated carbocycles. The van der Waals surface area contributed by atoms with E-state index in [0.29, 0.717) is 38.7 Å². The van der Waals surface area contributed by atoms with Crippen molar-refractivity contribution in [2.24, 2.45) is 0 Å². The van der Waals surface area contributed by atoms with E-state index in [1.807, 2.05) is 6.92 Å². The first-order valence-corrected chi connectivity index (χ1v) is 6.15. The fourth-order valence-corrected chi connectivity index (χ4v) is 1.96. The van der Waals surface area contributed by atoms with Gasteiger partial charge in [-0.15, -0.1) is 0 Å². The molecule has 2 rings (SSSR count). The molecule has 2 aliphatic heterocycles. The second kappa shape index (κ2) is 5.49. The molecule has 2 saturated heterocycles. The Kier molecular flexibility index (Phi) is 3.99. The van der Waals surface area contributed by atoms with E-state index in [-0.39, 0.29) is 30.3 Å². The molecule has 0 bridgehead atoms. The molecule has 0 amide bonds. The minimum Gasteiger partial charge on any atom is -0.466 e. The summed E-state index contributed by atoms with van der Waals surface area (Å²) in [5.74, 6) is -0.394. The molecule has 0 N–H and O–H groups in total. The quantitative estimate of drug-likeness (QED) is 0.471. The minimum absolute atomic E-state index is 0.117. The smallest absolute Gasteiger partial charge is 0.306 e. The molecule has 96 valence electrons. The van der Waals surface area contributed by atoms with Crippen LogP contribution in [-0.4, -0.2) is 36.9 Å². The number of hydrogen-bond donors (Lipinski definition) is 0. The molecule has 3 atom stereocenters. The maximum absolute atomic E-state index is 11.4. The number of rotatable bonds is 0. The van der Waals surface area contributed by atoms with Crippen LogP contribution >= 0.6 is 0 Å². The largest absolute Gasteiger partial charge is 0.466 e. The third kappa shape index (κ3) is 4.00. The van der Waals surface area contributed by atoms with E-state index < -0.39 is 0 Å². The van der Waals surface area contributed by atoms with Crippen molar-refractivity contribution < 1.29 is 23.8 Å². The van der Waals surface area contributed by atoms with Crippen molar-refractivity contribution in [1.82, 2.24) is 0 Å². The summed E-state index contributed by atoms with van der Waals surface area (Å²) in [4.78, 5) is 22.8. The highest BCUT2D eigenvalue weighted by atomic mass is 16.6. The van der Waals surface area contributed by atoms with Crippen molar-refractivity contribution in [1.29, 1.82) is 0 Å². The Morgan fingerprint density at radius 1 is 1.00 bits per heavy atom. The van der Waals surface area contributed by atoms with Crippen molar-refractivity contribution in [3.05, 3.63) is 0 Å². The maximum atomic E-state index is 11.4. The zero-order valence-electron chi connectivity index (χ0n) is 10.0. The molecule has 0 aromatic rings. The van der Waals surface area contributed by atoms with E-state index in [1.54, 1.807) is 0 Å². The molecular weight excluding hydrogens is 224 g/mol. The Morgan fingerprint density at radius 3 is 2.35 bits per heavy atom. The Morgan fingerprint density at radius 2 is 1.65 bits per heavy atom. The topological polar surface area (TPSA) is 65.1 Å². The highest BCUT2D eigenvalue weighted by Gasteiger charge is 2.38. The molecule has 0 aromatic heterocycles. The van der Waals surface area contributed by atoms with E-state index in [9.17, 15) is 9.59 Å². The van der Waals surface area contributed by atoms with E-state index >= 15 is 0 Å². The number of cyclic esters (lactones) is 2. The van der Waals surface area contributed by atoms with Crippen LogP contribution in [0.5, 0.6) is 0 Å². The zero-order valence-corrected chi connectivity index (χ0v) is 10.0. The van der Waals surface area contributed by atoms with Gasteiger partial charge in [0.15, 0.2) is 0 Å². The Hall–Kier alpha value is -1.10. The van der Waals surface area contributed by atoms with Crippen LogP contribution in [0, 0.1) is 0 Å². The number of esters is 2. The van der Waals surface area contributed by atoms with Crippen LogP contribution in [0.2, 0.25) is 0 Å². The molecular formula is C12H18O5. The first-order valence-electron chi connectivity index (χ1n) is 6.15. The van der Waals surface area contributed by atoms with E-state index in [0.717, 1.165) is 0 Å². The molecule has 17 heavy (non-hydrogen) atoms. The summed E-state index contributed by atoms with van der Waals surface area (Å²) in [7, 11) is 0. The number of ether oxygens (including phenoxy) is 3. The summed E-state index contributed by atoms with van der Waals surface area (Å²) in [6.45, 7) is 2.12. The van der Waals surface area contributed by atoms with Crippen LogP contribution in [-0.2, 0) is 23.8 Å². The number of carbonyl (C=O) groups is 2. The molecule has 2 fully saturated rings. The lowest BCUT2D eigenvalue weighted by molar-refractivity contribution is -0.150. The molecule has 0 aromatic carbocycles. The van der Waals surface area contributed by atoms with Gasteiger partial charge in [-0.1, -0.05) is 0 Å². The van der Waals surface area contributed by atoms with Gasteiger partial charge in [0, 0.05) is 19.3 Å². The molecule has 5 nitrogen and oxygen atoms in total. The number of fused-ring (bicyclic) bond motifs is 1. The molecule has 0 aliphatic carbocycles. The van der Waals surface area contributed by atoms with Crippen LogP contribution in [0.1, 0.15) is 39.0 Å². The van der Waals surface area contributed by atoms with Gasteiger partial charge in [0.05, 0.1) is 18.8 Å². The summed E-state index contributed by atoms with van der Waals surface area (Å²) in [6, 6.07) is 0. The standard InChI is InChI=1S/C12H18O5/c1-8-6-7-15-11(13)4-2-9-10(17-9)3-5-12(14)16-8/h8-10H,2-7H2,1H3/t8?,9-,10-/m0/s1. The lowest BCUT2D eigenvalue weighted by Crippen LogP contribution is -2.18. The number of carbonyl (C=O) groups excluding carboxylic acids is 2. The molecule has 0 radical (unpaired) electrons. The van der Waals surface area contributed by atoms with Gasteiger partial charge in [-0.3, -0.25) is 9.59 Å². The van der Waals surface area contributed by atoms with Crippen molar-refractivity contribution in [2.45, 2.75) is 57.3 Å². The summed E-state index contributed by atoms with van der Waals surface area (Å²) >= 11 is 0. The van der Waals surface area contributed by atoms with Crippen molar-refractivity contribution in [3.63, 3.8) is 0 Å². The fraction of sp³-hybridized carbons (Fsp3) is 0.833. The fourth-order valence-electron chi connectivity index (χ4n) is 1.96. The third-order valence-electron chi connectivity index (χ3n) is 3.07. The number of hydrogen-bond acceptors (Lipinski definition) is 5. The van der Waals surface area contributed by atoms with Gasteiger partial charge in [-0.2, -0.15) is 0 Å². The average Bonchev–Trinajstić information content (AvgIpc) is 3.01. The Labute approximate surface area is 100 Å². The van der Waals surface area contributed by atoms with Gasteiger partial charge in [0.25, 0.3) is 0 Å². The van der Waals surface area contributed by atoms with Gasteiger partial charge in [0.2, 0.25) is 0 Å².